The van der Waals surface area contributed by atoms with E-state index < -0.39 is 0 Å². The summed E-state index contributed by atoms with van der Waals surface area (Å²) in [6, 6.07) is 5.14. The lowest BCUT2D eigenvalue weighted by Crippen LogP contribution is -2.43. The van der Waals surface area contributed by atoms with E-state index in [-0.39, 0.29) is 27.2 Å². The van der Waals surface area contributed by atoms with Crippen LogP contribution in [0.25, 0.3) is 5.57 Å². The van der Waals surface area contributed by atoms with E-state index in [0.29, 0.717) is 5.56 Å². The first-order chi connectivity index (χ1) is 11.8. The third-order valence-corrected chi connectivity index (χ3v) is 8.27. The van der Waals surface area contributed by atoms with E-state index in [2.05, 4.69) is 19.9 Å². The average molecular weight is 381 g/mol. The zero-order valence-corrected chi connectivity index (χ0v) is 16.9. The number of hydrogen-bond donors (Lipinski definition) is 0. The number of benzene rings is 1. The Hall–Kier alpha value is -0.940. The fourth-order valence-electron chi connectivity index (χ4n) is 3.94. The second kappa shape index (κ2) is 6.99. The number of ether oxygens (including phenoxy) is 1. The van der Waals surface area contributed by atoms with E-state index in [4.69, 9.17) is 4.74 Å². The number of halogens is 1. The van der Waals surface area contributed by atoms with E-state index >= 15 is 0 Å². The molecular formula is C20H25FO2S2. The molecule has 1 fully saturated rings. The van der Waals surface area contributed by atoms with Crippen LogP contribution < -0.4 is 0 Å². The van der Waals surface area contributed by atoms with Crippen molar-refractivity contribution in [2.45, 2.75) is 37.7 Å². The van der Waals surface area contributed by atoms with Crippen LogP contribution in [-0.2, 0) is 9.53 Å². The number of esters is 1. The first kappa shape index (κ1) is 18.8. The lowest BCUT2D eigenvalue weighted by Gasteiger charge is -2.47. The van der Waals surface area contributed by atoms with E-state index in [0.717, 1.165) is 29.1 Å². The smallest absolute Gasteiger partial charge is 0.313 e. The van der Waals surface area contributed by atoms with Crippen molar-refractivity contribution in [3.05, 3.63) is 41.2 Å². The molecule has 1 spiro atoms. The molecule has 0 N–H and O–H groups in total. The molecule has 1 unspecified atom stereocenters. The summed E-state index contributed by atoms with van der Waals surface area (Å²) in [5, 5.41) is 0. The van der Waals surface area contributed by atoms with E-state index in [1.807, 2.05) is 29.6 Å². The van der Waals surface area contributed by atoms with Gasteiger partial charge < -0.3 is 4.74 Å². The summed E-state index contributed by atoms with van der Waals surface area (Å²) in [4.78, 5) is 12.6. The number of hydrogen-bond acceptors (Lipinski definition) is 4. The van der Waals surface area contributed by atoms with Gasteiger partial charge in [0, 0.05) is 0 Å². The first-order valence-corrected chi connectivity index (χ1v) is 10.6. The van der Waals surface area contributed by atoms with Gasteiger partial charge in [-0.25, -0.2) is 4.39 Å². The topological polar surface area (TPSA) is 26.3 Å². The van der Waals surface area contributed by atoms with Gasteiger partial charge in [-0.3, -0.25) is 4.79 Å². The highest BCUT2D eigenvalue weighted by Gasteiger charge is 2.50. The molecule has 0 bridgehead atoms. The molecule has 1 aliphatic carbocycles. The minimum Gasteiger partial charge on any atom is -0.469 e. The van der Waals surface area contributed by atoms with E-state index in [9.17, 15) is 9.18 Å². The predicted molar refractivity (Wildman–Crippen MR) is 105 cm³/mol. The van der Waals surface area contributed by atoms with E-state index in [1.54, 1.807) is 13.0 Å². The van der Waals surface area contributed by atoms with Crippen LogP contribution in [0.15, 0.2) is 24.3 Å². The minimum absolute atomic E-state index is 0.0100. The van der Waals surface area contributed by atoms with Crippen molar-refractivity contribution in [1.29, 1.82) is 0 Å². The zero-order valence-electron chi connectivity index (χ0n) is 15.2. The first-order valence-electron chi connectivity index (χ1n) is 8.63. The van der Waals surface area contributed by atoms with Gasteiger partial charge in [-0.1, -0.05) is 26.0 Å². The molecule has 2 aliphatic rings. The quantitative estimate of drug-likeness (QED) is 0.650. The Balaban J connectivity index is 2.15. The molecule has 1 atom stereocenters. The van der Waals surface area contributed by atoms with Gasteiger partial charge in [0.2, 0.25) is 0 Å². The Kier molecular flexibility index (Phi) is 5.27. The highest BCUT2D eigenvalue weighted by atomic mass is 32.2. The molecule has 136 valence electrons. The number of carbonyl (C=O) groups excluding carboxylic acids is 1. The fraction of sp³-hybridized carbons (Fsp3) is 0.550. The van der Waals surface area contributed by atoms with Crippen molar-refractivity contribution in [2.24, 2.45) is 11.3 Å². The predicted octanol–water partition coefficient (Wildman–Crippen LogP) is 5.30. The van der Waals surface area contributed by atoms with Crippen molar-refractivity contribution >= 4 is 35.1 Å². The lowest BCUT2D eigenvalue weighted by atomic mass is 9.66. The van der Waals surface area contributed by atoms with Crippen LogP contribution in [0.2, 0.25) is 0 Å². The molecule has 0 aromatic heterocycles. The summed E-state index contributed by atoms with van der Waals surface area (Å²) < 4.78 is 18.9. The van der Waals surface area contributed by atoms with Crippen LogP contribution in [0, 0.1) is 24.1 Å². The van der Waals surface area contributed by atoms with E-state index in [1.165, 1.54) is 19.6 Å². The minimum atomic E-state index is -0.337. The second-order valence-electron chi connectivity index (χ2n) is 7.55. The Bertz CT molecular complexity index is 706. The summed E-state index contributed by atoms with van der Waals surface area (Å²) in [6.07, 6.45) is 4.41. The monoisotopic (exact) mass is 380 g/mol. The maximum absolute atomic E-state index is 13.8. The second-order valence-corrected chi connectivity index (χ2v) is 10.7. The maximum atomic E-state index is 13.8. The van der Waals surface area contributed by atoms with Crippen molar-refractivity contribution in [3.63, 3.8) is 0 Å². The molecular weight excluding hydrogens is 355 g/mol. The van der Waals surface area contributed by atoms with Gasteiger partial charge in [-0.05, 0) is 65.5 Å². The lowest BCUT2D eigenvalue weighted by molar-refractivity contribution is -0.147. The molecule has 1 aromatic carbocycles. The molecule has 0 radical (unpaired) electrons. The SMILES string of the molecule is COC(=O)C1C(c2ccc(F)c(C)c2)=CC2(CC1(C)C)SCCCS2. The molecule has 1 heterocycles. The van der Waals surface area contributed by atoms with Gasteiger partial charge in [0.1, 0.15) is 5.82 Å². The molecule has 0 saturated carbocycles. The Morgan fingerprint density at radius 3 is 2.56 bits per heavy atom. The van der Waals surface area contributed by atoms with Crippen LogP contribution >= 0.6 is 23.5 Å². The van der Waals surface area contributed by atoms with Crippen LogP contribution in [0.3, 0.4) is 0 Å². The van der Waals surface area contributed by atoms with Crippen LogP contribution in [-0.4, -0.2) is 28.7 Å². The van der Waals surface area contributed by atoms with Crippen molar-refractivity contribution < 1.29 is 13.9 Å². The summed E-state index contributed by atoms with van der Waals surface area (Å²) in [7, 11) is 1.44. The Morgan fingerprint density at radius 1 is 1.28 bits per heavy atom. The molecule has 5 heteroatoms. The third kappa shape index (κ3) is 3.63. The van der Waals surface area contributed by atoms with Crippen LogP contribution in [0.5, 0.6) is 0 Å². The molecule has 1 aliphatic heterocycles. The third-order valence-electron chi connectivity index (χ3n) is 5.08. The summed E-state index contributed by atoms with van der Waals surface area (Å²) in [5.74, 6) is 1.51. The van der Waals surface area contributed by atoms with Crippen LogP contribution in [0.4, 0.5) is 4.39 Å². The molecule has 3 rings (SSSR count). The number of aryl methyl sites for hydroxylation is 1. The zero-order chi connectivity index (χ0) is 18.2. The van der Waals surface area contributed by atoms with Gasteiger partial charge in [-0.2, -0.15) is 0 Å². The van der Waals surface area contributed by atoms with Crippen molar-refractivity contribution in [3.8, 4) is 0 Å². The summed E-state index contributed by atoms with van der Waals surface area (Å²) in [5.41, 5.74) is 2.28. The molecule has 1 saturated heterocycles. The highest BCUT2D eigenvalue weighted by Crippen LogP contribution is 2.58. The average Bonchev–Trinajstić information content (AvgIpc) is 2.56. The number of rotatable bonds is 2. The summed E-state index contributed by atoms with van der Waals surface area (Å²) in [6.45, 7) is 6.06. The van der Waals surface area contributed by atoms with Gasteiger partial charge >= 0.3 is 5.97 Å². The molecule has 25 heavy (non-hydrogen) atoms. The molecule has 0 amide bonds. The normalized spacial score (nSPS) is 24.7. The molecule has 1 aromatic rings. The largest absolute Gasteiger partial charge is 0.469 e. The van der Waals surface area contributed by atoms with Gasteiger partial charge in [0.15, 0.2) is 0 Å². The van der Waals surface area contributed by atoms with Crippen molar-refractivity contribution in [1.82, 2.24) is 0 Å². The maximum Gasteiger partial charge on any atom is 0.313 e. The number of carbonyl (C=O) groups is 1. The van der Waals surface area contributed by atoms with Crippen molar-refractivity contribution in [2.75, 3.05) is 18.6 Å². The molecule has 2 nitrogen and oxygen atoms in total. The van der Waals surface area contributed by atoms with Crippen LogP contribution in [0.1, 0.15) is 37.8 Å². The Labute approximate surface area is 158 Å². The van der Waals surface area contributed by atoms with Gasteiger partial charge in [0.05, 0.1) is 17.1 Å². The number of thioether (sulfide) groups is 2. The fourth-order valence-corrected chi connectivity index (χ4v) is 7.60. The standard InChI is InChI=1S/C20H25FO2S2/c1-13-10-14(6-7-16(13)21)15-11-20(24-8-5-9-25-20)12-19(2,3)17(15)18(22)23-4/h6-7,10-11,17H,5,8-9,12H2,1-4H3. The highest BCUT2D eigenvalue weighted by molar-refractivity contribution is 8.19. The number of methoxy groups -OCH3 is 1. The van der Waals surface area contributed by atoms with Gasteiger partial charge in [-0.15, -0.1) is 23.5 Å². The Morgan fingerprint density at radius 2 is 1.96 bits per heavy atom. The summed E-state index contributed by atoms with van der Waals surface area (Å²) >= 11 is 3.95. The van der Waals surface area contributed by atoms with Gasteiger partial charge in [0.25, 0.3) is 0 Å².